The van der Waals surface area contributed by atoms with Gasteiger partial charge in [-0.05, 0) is 49.9 Å². The van der Waals surface area contributed by atoms with Crippen molar-refractivity contribution < 1.29 is 4.79 Å². The number of piperidine rings is 1. The first-order valence-corrected chi connectivity index (χ1v) is 6.93. The summed E-state index contributed by atoms with van der Waals surface area (Å²) in [4.78, 5) is 14.2. The summed E-state index contributed by atoms with van der Waals surface area (Å²) in [6.45, 7) is 6.70. The molecule has 2 rings (SSSR count). The Labute approximate surface area is 115 Å². The highest BCUT2D eigenvalue weighted by molar-refractivity contribution is 5.92. The second kappa shape index (κ2) is 6.06. The lowest BCUT2D eigenvalue weighted by molar-refractivity contribution is -0.117. The summed E-state index contributed by atoms with van der Waals surface area (Å²) in [5.41, 5.74) is 8.36. The molecule has 0 aromatic heterocycles. The number of nitrogens with zero attached hydrogens (tertiary/aromatic N) is 1. The number of likely N-dealkylation sites (tertiary alicyclic amines) is 1. The minimum Gasteiger partial charge on any atom is -0.398 e. The van der Waals surface area contributed by atoms with E-state index in [1.165, 1.54) is 12.8 Å². The molecule has 3 N–H and O–H groups in total. The molecule has 1 aromatic carbocycles. The van der Waals surface area contributed by atoms with Crippen LogP contribution in [-0.4, -0.2) is 30.4 Å². The van der Waals surface area contributed by atoms with Crippen molar-refractivity contribution in [3.63, 3.8) is 0 Å². The second-order valence-corrected chi connectivity index (χ2v) is 5.60. The summed E-state index contributed by atoms with van der Waals surface area (Å²) >= 11 is 0. The molecule has 1 heterocycles. The van der Waals surface area contributed by atoms with Crippen molar-refractivity contribution in [3.05, 3.63) is 23.8 Å². The zero-order chi connectivity index (χ0) is 13.8. The molecule has 0 bridgehead atoms. The summed E-state index contributed by atoms with van der Waals surface area (Å²) in [7, 11) is 0. The van der Waals surface area contributed by atoms with Gasteiger partial charge in [-0.2, -0.15) is 0 Å². The number of carbonyl (C=O) groups excluding carboxylic acids is 1. The van der Waals surface area contributed by atoms with Crippen LogP contribution in [0.2, 0.25) is 0 Å². The number of amides is 1. The number of hydrogen-bond donors (Lipinski definition) is 2. The summed E-state index contributed by atoms with van der Waals surface area (Å²) in [5.74, 6) is 0.730. The van der Waals surface area contributed by atoms with Crippen LogP contribution >= 0.6 is 0 Å². The van der Waals surface area contributed by atoms with Gasteiger partial charge < -0.3 is 11.1 Å². The first-order valence-electron chi connectivity index (χ1n) is 6.93. The van der Waals surface area contributed by atoms with Gasteiger partial charge in [0.15, 0.2) is 0 Å². The van der Waals surface area contributed by atoms with E-state index in [9.17, 15) is 4.79 Å². The van der Waals surface area contributed by atoms with Gasteiger partial charge in [0.1, 0.15) is 0 Å². The van der Waals surface area contributed by atoms with Gasteiger partial charge in [0.2, 0.25) is 5.91 Å². The van der Waals surface area contributed by atoms with Crippen molar-refractivity contribution in [2.24, 2.45) is 5.92 Å². The smallest absolute Gasteiger partial charge is 0.238 e. The number of aryl methyl sites for hydroxylation is 1. The van der Waals surface area contributed by atoms with E-state index >= 15 is 0 Å². The first kappa shape index (κ1) is 13.9. The molecule has 1 saturated heterocycles. The van der Waals surface area contributed by atoms with E-state index in [-0.39, 0.29) is 5.91 Å². The highest BCUT2D eigenvalue weighted by atomic mass is 16.2. The van der Waals surface area contributed by atoms with E-state index < -0.39 is 0 Å². The second-order valence-electron chi connectivity index (χ2n) is 5.60. The van der Waals surface area contributed by atoms with Gasteiger partial charge >= 0.3 is 0 Å². The van der Waals surface area contributed by atoms with Crippen molar-refractivity contribution in [2.75, 3.05) is 30.7 Å². The number of benzene rings is 1. The van der Waals surface area contributed by atoms with Crippen LogP contribution in [0.1, 0.15) is 25.3 Å². The third-order valence-electron chi connectivity index (χ3n) is 3.67. The molecule has 1 aliphatic heterocycles. The van der Waals surface area contributed by atoms with E-state index in [2.05, 4.69) is 17.1 Å². The van der Waals surface area contributed by atoms with Gasteiger partial charge in [-0.25, -0.2) is 0 Å². The average Bonchev–Trinajstić information content (AvgIpc) is 2.34. The molecule has 4 nitrogen and oxygen atoms in total. The molecule has 19 heavy (non-hydrogen) atoms. The number of hydrogen-bond acceptors (Lipinski definition) is 3. The largest absolute Gasteiger partial charge is 0.398 e. The average molecular weight is 261 g/mol. The van der Waals surface area contributed by atoms with Gasteiger partial charge in [0.25, 0.3) is 0 Å². The van der Waals surface area contributed by atoms with Crippen molar-refractivity contribution in [2.45, 2.75) is 26.7 Å². The summed E-state index contributed by atoms with van der Waals surface area (Å²) in [5, 5.41) is 2.91. The van der Waals surface area contributed by atoms with Crippen LogP contribution < -0.4 is 11.1 Å². The summed E-state index contributed by atoms with van der Waals surface area (Å²) in [6, 6.07) is 5.63. The van der Waals surface area contributed by atoms with E-state index in [1.54, 1.807) is 0 Å². The minimum absolute atomic E-state index is 0.0392. The lowest BCUT2D eigenvalue weighted by Crippen LogP contribution is -2.39. The van der Waals surface area contributed by atoms with E-state index in [0.717, 1.165) is 24.3 Å². The molecule has 1 amide bonds. The minimum atomic E-state index is 0.0392. The zero-order valence-corrected chi connectivity index (χ0v) is 11.8. The van der Waals surface area contributed by atoms with Crippen LogP contribution in [0.5, 0.6) is 0 Å². The quantitative estimate of drug-likeness (QED) is 0.820. The first-order chi connectivity index (χ1) is 9.04. The van der Waals surface area contributed by atoms with Crippen LogP contribution in [0.3, 0.4) is 0 Å². The number of rotatable bonds is 3. The lowest BCUT2D eigenvalue weighted by Gasteiger charge is -2.30. The maximum atomic E-state index is 12.0. The number of nitrogens with two attached hydrogens (primary N) is 1. The van der Waals surface area contributed by atoms with Crippen molar-refractivity contribution in [3.8, 4) is 0 Å². The van der Waals surface area contributed by atoms with E-state index in [0.29, 0.717) is 18.2 Å². The molecule has 0 radical (unpaired) electrons. The molecule has 1 fully saturated rings. The maximum absolute atomic E-state index is 12.0. The molecule has 0 aliphatic carbocycles. The number of nitrogens with one attached hydrogen (secondary N) is 1. The monoisotopic (exact) mass is 261 g/mol. The Bertz CT molecular complexity index is 459. The number of anilines is 2. The molecule has 1 atom stereocenters. The Morgan fingerprint density at radius 1 is 1.53 bits per heavy atom. The Morgan fingerprint density at radius 2 is 2.32 bits per heavy atom. The van der Waals surface area contributed by atoms with Crippen molar-refractivity contribution in [1.82, 2.24) is 4.90 Å². The van der Waals surface area contributed by atoms with Crippen LogP contribution in [0.25, 0.3) is 0 Å². The Hall–Kier alpha value is -1.55. The van der Waals surface area contributed by atoms with Crippen LogP contribution in [0.15, 0.2) is 18.2 Å². The van der Waals surface area contributed by atoms with Crippen molar-refractivity contribution >= 4 is 17.3 Å². The number of nitrogen functional groups attached to an aromatic ring is 1. The van der Waals surface area contributed by atoms with Gasteiger partial charge in [-0.1, -0.05) is 13.0 Å². The Morgan fingerprint density at radius 3 is 3.00 bits per heavy atom. The van der Waals surface area contributed by atoms with Crippen LogP contribution in [0, 0.1) is 12.8 Å². The topological polar surface area (TPSA) is 58.4 Å². The predicted octanol–water partition coefficient (Wildman–Crippen LogP) is 2.25. The Balaban J connectivity index is 1.88. The molecule has 0 spiro atoms. The molecular formula is C15H23N3O. The Kier molecular flexibility index (Phi) is 4.43. The molecule has 0 saturated carbocycles. The maximum Gasteiger partial charge on any atom is 0.238 e. The normalized spacial score (nSPS) is 20.2. The van der Waals surface area contributed by atoms with Gasteiger partial charge in [0, 0.05) is 17.9 Å². The zero-order valence-electron chi connectivity index (χ0n) is 11.8. The highest BCUT2D eigenvalue weighted by Crippen LogP contribution is 2.18. The summed E-state index contributed by atoms with van der Waals surface area (Å²) < 4.78 is 0. The fourth-order valence-corrected chi connectivity index (χ4v) is 2.55. The molecule has 1 aromatic rings. The fourth-order valence-electron chi connectivity index (χ4n) is 2.55. The molecule has 104 valence electrons. The van der Waals surface area contributed by atoms with Gasteiger partial charge in [0.05, 0.1) is 6.54 Å². The van der Waals surface area contributed by atoms with Crippen LogP contribution in [-0.2, 0) is 4.79 Å². The van der Waals surface area contributed by atoms with Gasteiger partial charge in [-0.15, -0.1) is 0 Å². The molecular weight excluding hydrogens is 238 g/mol. The lowest BCUT2D eigenvalue weighted by atomic mass is 10.0. The predicted molar refractivity (Wildman–Crippen MR) is 79.1 cm³/mol. The SMILES string of the molecule is Cc1ccc(NC(=O)CN2CCCC(C)C2)cc1N. The molecule has 4 heteroatoms. The fraction of sp³-hybridized carbons (Fsp3) is 0.533. The van der Waals surface area contributed by atoms with Crippen LogP contribution in [0.4, 0.5) is 11.4 Å². The third kappa shape index (κ3) is 3.96. The summed E-state index contributed by atoms with van der Waals surface area (Å²) in [6.07, 6.45) is 2.46. The number of carbonyl (C=O) groups is 1. The highest BCUT2D eigenvalue weighted by Gasteiger charge is 2.18. The van der Waals surface area contributed by atoms with E-state index in [1.807, 2.05) is 25.1 Å². The van der Waals surface area contributed by atoms with Crippen molar-refractivity contribution in [1.29, 1.82) is 0 Å². The molecule has 1 unspecified atom stereocenters. The third-order valence-corrected chi connectivity index (χ3v) is 3.67. The molecule has 1 aliphatic rings. The standard InChI is InChI=1S/C15H23N3O/c1-11-4-3-7-18(9-11)10-15(19)17-13-6-5-12(2)14(16)8-13/h5-6,8,11H,3-4,7,9-10,16H2,1-2H3,(H,17,19). The van der Waals surface area contributed by atoms with E-state index in [4.69, 9.17) is 5.73 Å². The van der Waals surface area contributed by atoms with Gasteiger partial charge in [-0.3, -0.25) is 9.69 Å².